The Morgan fingerprint density at radius 1 is 1.04 bits per heavy atom. The van der Waals surface area contributed by atoms with E-state index < -0.39 is 0 Å². The number of fused-ring (bicyclic) bond motifs is 1. The topological polar surface area (TPSA) is 15.3 Å². The van der Waals surface area contributed by atoms with E-state index in [-0.39, 0.29) is 0 Å². The summed E-state index contributed by atoms with van der Waals surface area (Å²) in [6, 6.07) is 18.9. The van der Waals surface area contributed by atoms with Crippen LogP contribution in [0.15, 0.2) is 48.5 Å². The molecule has 0 spiro atoms. The standard InChI is InChI=1S/C22H28N2/c1-16(2)24(19-6-4-3-5-7-19)20-11-10-18-12-13-23-22(21(18)15-20)14-17-8-9-17/h3-7,10-11,15-17,22-23H,8-9,12-14H2,1-2H3. The fourth-order valence-electron chi connectivity index (χ4n) is 4.01. The summed E-state index contributed by atoms with van der Waals surface area (Å²) in [4.78, 5) is 2.45. The number of nitrogens with zero attached hydrogens (tertiary/aromatic N) is 1. The summed E-state index contributed by atoms with van der Waals surface area (Å²) in [6.45, 7) is 5.66. The molecule has 2 heteroatoms. The number of para-hydroxylation sites is 1. The van der Waals surface area contributed by atoms with E-state index >= 15 is 0 Å². The largest absolute Gasteiger partial charge is 0.339 e. The van der Waals surface area contributed by atoms with E-state index in [0.717, 1.165) is 18.9 Å². The molecule has 0 aromatic heterocycles. The van der Waals surface area contributed by atoms with Gasteiger partial charge in [0.2, 0.25) is 0 Å². The van der Waals surface area contributed by atoms with Gasteiger partial charge in [-0.2, -0.15) is 0 Å². The SMILES string of the molecule is CC(C)N(c1ccccc1)c1ccc2c(c1)C(CC1CC1)NCC2. The normalized spacial score (nSPS) is 20.0. The molecule has 1 heterocycles. The second kappa shape index (κ2) is 6.60. The zero-order valence-corrected chi connectivity index (χ0v) is 14.8. The van der Waals surface area contributed by atoms with Crippen LogP contribution in [0.2, 0.25) is 0 Å². The Hall–Kier alpha value is -1.80. The number of hydrogen-bond donors (Lipinski definition) is 1. The lowest BCUT2D eigenvalue weighted by Gasteiger charge is -2.33. The third kappa shape index (κ3) is 3.21. The first-order valence-corrected chi connectivity index (χ1v) is 9.43. The van der Waals surface area contributed by atoms with E-state index in [9.17, 15) is 0 Å². The molecule has 24 heavy (non-hydrogen) atoms. The van der Waals surface area contributed by atoms with Crippen molar-refractivity contribution in [2.75, 3.05) is 11.4 Å². The summed E-state index contributed by atoms with van der Waals surface area (Å²) < 4.78 is 0. The maximum atomic E-state index is 3.76. The van der Waals surface area contributed by atoms with Crippen LogP contribution in [0.3, 0.4) is 0 Å². The Morgan fingerprint density at radius 2 is 1.83 bits per heavy atom. The molecule has 0 saturated heterocycles. The van der Waals surface area contributed by atoms with Gasteiger partial charge in [-0.3, -0.25) is 0 Å². The summed E-state index contributed by atoms with van der Waals surface area (Å²) in [5.74, 6) is 0.951. The van der Waals surface area contributed by atoms with Crippen LogP contribution in [0, 0.1) is 5.92 Å². The predicted octanol–water partition coefficient (Wildman–Crippen LogP) is 5.22. The minimum absolute atomic E-state index is 0.434. The van der Waals surface area contributed by atoms with Crippen LogP contribution in [-0.4, -0.2) is 12.6 Å². The smallest absolute Gasteiger partial charge is 0.0416 e. The van der Waals surface area contributed by atoms with Crippen LogP contribution in [0.1, 0.15) is 50.3 Å². The monoisotopic (exact) mass is 320 g/mol. The highest BCUT2D eigenvalue weighted by Crippen LogP contribution is 2.40. The molecule has 4 rings (SSSR count). The van der Waals surface area contributed by atoms with Crippen molar-refractivity contribution in [1.82, 2.24) is 5.32 Å². The molecule has 2 aliphatic rings. The molecule has 1 saturated carbocycles. The number of nitrogens with one attached hydrogen (secondary N) is 1. The van der Waals surface area contributed by atoms with Crippen molar-refractivity contribution in [2.24, 2.45) is 5.92 Å². The Morgan fingerprint density at radius 3 is 2.54 bits per heavy atom. The van der Waals surface area contributed by atoms with Crippen molar-refractivity contribution >= 4 is 11.4 Å². The van der Waals surface area contributed by atoms with Gasteiger partial charge in [0.15, 0.2) is 0 Å². The number of hydrogen-bond acceptors (Lipinski definition) is 2. The minimum atomic E-state index is 0.434. The Bertz CT molecular complexity index is 688. The molecule has 1 aliphatic heterocycles. The summed E-state index contributed by atoms with van der Waals surface area (Å²) >= 11 is 0. The predicted molar refractivity (Wildman–Crippen MR) is 102 cm³/mol. The molecular formula is C22H28N2. The maximum absolute atomic E-state index is 3.76. The maximum Gasteiger partial charge on any atom is 0.0416 e. The summed E-state index contributed by atoms with van der Waals surface area (Å²) in [7, 11) is 0. The van der Waals surface area contributed by atoms with Gasteiger partial charge in [-0.15, -0.1) is 0 Å². The molecule has 2 aromatic carbocycles. The molecule has 0 amide bonds. The molecular weight excluding hydrogens is 292 g/mol. The van der Waals surface area contributed by atoms with Crippen molar-refractivity contribution in [3.8, 4) is 0 Å². The van der Waals surface area contributed by atoms with Gasteiger partial charge in [-0.1, -0.05) is 37.1 Å². The lowest BCUT2D eigenvalue weighted by molar-refractivity contribution is 0.453. The molecule has 1 fully saturated rings. The Labute approximate surface area is 145 Å². The lowest BCUT2D eigenvalue weighted by atomic mass is 9.90. The molecule has 126 valence electrons. The van der Waals surface area contributed by atoms with Crippen LogP contribution in [0.4, 0.5) is 11.4 Å². The fraction of sp³-hybridized carbons (Fsp3) is 0.455. The number of rotatable bonds is 5. The average Bonchev–Trinajstić information content (AvgIpc) is 3.40. The first-order valence-electron chi connectivity index (χ1n) is 9.43. The van der Waals surface area contributed by atoms with E-state index in [2.05, 4.69) is 72.6 Å². The zero-order valence-electron chi connectivity index (χ0n) is 14.8. The molecule has 1 aliphatic carbocycles. The van der Waals surface area contributed by atoms with Gasteiger partial charge in [0.05, 0.1) is 0 Å². The van der Waals surface area contributed by atoms with Crippen molar-refractivity contribution in [3.63, 3.8) is 0 Å². The van der Waals surface area contributed by atoms with Gasteiger partial charge in [0.25, 0.3) is 0 Å². The third-order valence-corrected chi connectivity index (χ3v) is 5.38. The van der Waals surface area contributed by atoms with Crippen LogP contribution in [0.5, 0.6) is 0 Å². The van der Waals surface area contributed by atoms with Crippen molar-refractivity contribution < 1.29 is 0 Å². The van der Waals surface area contributed by atoms with Crippen molar-refractivity contribution in [2.45, 2.75) is 51.6 Å². The van der Waals surface area contributed by atoms with E-state index in [1.54, 1.807) is 5.56 Å². The van der Waals surface area contributed by atoms with Crippen LogP contribution in [0.25, 0.3) is 0 Å². The van der Waals surface area contributed by atoms with Gasteiger partial charge in [0.1, 0.15) is 0 Å². The average molecular weight is 320 g/mol. The highest BCUT2D eigenvalue weighted by Gasteiger charge is 2.29. The molecule has 0 radical (unpaired) electrons. The summed E-state index contributed by atoms with van der Waals surface area (Å²) in [6.07, 6.45) is 5.32. The molecule has 1 unspecified atom stereocenters. The second-order valence-corrected chi connectivity index (χ2v) is 7.62. The molecule has 0 bridgehead atoms. The van der Waals surface area contributed by atoms with E-state index in [0.29, 0.717) is 12.1 Å². The summed E-state index contributed by atoms with van der Waals surface area (Å²) in [5, 5.41) is 3.76. The van der Waals surface area contributed by atoms with Gasteiger partial charge < -0.3 is 10.2 Å². The number of benzene rings is 2. The zero-order chi connectivity index (χ0) is 16.5. The molecule has 2 aromatic rings. The van der Waals surface area contributed by atoms with E-state index in [4.69, 9.17) is 0 Å². The van der Waals surface area contributed by atoms with Crippen LogP contribution in [-0.2, 0) is 6.42 Å². The second-order valence-electron chi connectivity index (χ2n) is 7.62. The Kier molecular flexibility index (Phi) is 4.32. The van der Waals surface area contributed by atoms with E-state index in [1.165, 1.54) is 36.2 Å². The van der Waals surface area contributed by atoms with Crippen LogP contribution >= 0.6 is 0 Å². The fourth-order valence-corrected chi connectivity index (χ4v) is 4.01. The number of anilines is 2. The highest BCUT2D eigenvalue weighted by atomic mass is 15.2. The first kappa shape index (κ1) is 15.7. The molecule has 1 N–H and O–H groups in total. The van der Waals surface area contributed by atoms with Crippen molar-refractivity contribution in [3.05, 3.63) is 59.7 Å². The quantitative estimate of drug-likeness (QED) is 0.812. The highest BCUT2D eigenvalue weighted by molar-refractivity contribution is 5.65. The van der Waals surface area contributed by atoms with Gasteiger partial charge >= 0.3 is 0 Å². The van der Waals surface area contributed by atoms with Crippen LogP contribution < -0.4 is 10.2 Å². The van der Waals surface area contributed by atoms with Gasteiger partial charge in [0, 0.05) is 23.5 Å². The lowest BCUT2D eigenvalue weighted by Crippen LogP contribution is -2.31. The van der Waals surface area contributed by atoms with Crippen molar-refractivity contribution in [1.29, 1.82) is 0 Å². The molecule has 1 atom stereocenters. The van der Waals surface area contributed by atoms with Gasteiger partial charge in [-0.05, 0) is 74.5 Å². The van der Waals surface area contributed by atoms with Gasteiger partial charge in [-0.25, -0.2) is 0 Å². The summed E-state index contributed by atoms with van der Waals surface area (Å²) in [5.41, 5.74) is 5.67. The van der Waals surface area contributed by atoms with E-state index in [1.807, 2.05) is 0 Å². The minimum Gasteiger partial charge on any atom is -0.339 e. The first-order chi connectivity index (χ1) is 11.7. The Balaban J connectivity index is 1.69. The third-order valence-electron chi connectivity index (χ3n) is 5.38. The molecule has 2 nitrogen and oxygen atoms in total.